The number of nitrogens with one attached hydrogen (secondary N) is 1. The Morgan fingerprint density at radius 3 is 2.63 bits per heavy atom. The van der Waals surface area contributed by atoms with E-state index in [4.69, 9.17) is 5.11 Å². The molecular weight excluding hydrogens is 244 g/mol. The highest BCUT2D eigenvalue weighted by atomic mass is 16.4. The third kappa shape index (κ3) is 2.76. The number of aromatic carboxylic acids is 1. The van der Waals surface area contributed by atoms with E-state index in [0.29, 0.717) is 5.39 Å². The minimum atomic E-state index is -0.987. The van der Waals surface area contributed by atoms with Crippen molar-refractivity contribution in [1.29, 1.82) is 0 Å². The number of carboxylic acid groups (broad SMARTS) is 1. The second kappa shape index (κ2) is 5.14. The first-order valence-corrected chi connectivity index (χ1v) is 6.09. The van der Waals surface area contributed by atoms with Crippen molar-refractivity contribution in [2.45, 2.75) is 26.4 Å². The zero-order chi connectivity index (χ0) is 14.0. The number of fused-ring (bicyclic) bond motifs is 1. The second-order valence-corrected chi connectivity index (χ2v) is 4.72. The number of amides is 1. The maximum Gasteiger partial charge on any atom is 0.337 e. The van der Waals surface area contributed by atoms with Crippen LogP contribution in [0.15, 0.2) is 30.5 Å². The molecule has 1 aromatic heterocycles. The lowest BCUT2D eigenvalue weighted by Crippen LogP contribution is -2.32. The van der Waals surface area contributed by atoms with Crippen LogP contribution in [0.5, 0.6) is 0 Å². The quantitative estimate of drug-likeness (QED) is 0.881. The number of rotatable bonds is 4. The molecule has 2 N–H and O–H groups in total. The third-order valence-corrected chi connectivity index (χ3v) is 2.78. The van der Waals surface area contributed by atoms with Crippen molar-refractivity contribution in [3.8, 4) is 0 Å². The minimum Gasteiger partial charge on any atom is -0.478 e. The Morgan fingerprint density at radius 2 is 2.00 bits per heavy atom. The molecular formula is C14H16N2O3. The Balaban J connectivity index is 2.38. The molecule has 0 saturated carbocycles. The molecule has 2 aromatic rings. The standard InChI is InChI=1S/C14H16N2O3/c1-9(2)15-13(17)8-16-7-11(14(18)19)10-5-3-4-6-12(10)16/h3-7,9H,8H2,1-2H3,(H,15,17)(H,18,19). The lowest BCUT2D eigenvalue weighted by Gasteiger charge is -2.09. The van der Waals surface area contributed by atoms with Crippen LogP contribution in [0.2, 0.25) is 0 Å². The monoisotopic (exact) mass is 260 g/mol. The van der Waals surface area contributed by atoms with E-state index in [0.717, 1.165) is 5.52 Å². The van der Waals surface area contributed by atoms with Crippen LogP contribution in [-0.2, 0) is 11.3 Å². The molecule has 0 aliphatic rings. The summed E-state index contributed by atoms with van der Waals surface area (Å²) in [5, 5.41) is 12.6. The molecule has 5 heteroatoms. The molecule has 1 aromatic carbocycles. The first-order valence-electron chi connectivity index (χ1n) is 6.09. The molecule has 1 amide bonds. The predicted molar refractivity (Wildman–Crippen MR) is 72.2 cm³/mol. The average molecular weight is 260 g/mol. The van der Waals surface area contributed by atoms with Crippen molar-refractivity contribution in [3.05, 3.63) is 36.0 Å². The molecule has 0 bridgehead atoms. The van der Waals surface area contributed by atoms with Gasteiger partial charge in [-0.15, -0.1) is 0 Å². The zero-order valence-corrected chi connectivity index (χ0v) is 10.9. The van der Waals surface area contributed by atoms with Gasteiger partial charge >= 0.3 is 5.97 Å². The van der Waals surface area contributed by atoms with Crippen LogP contribution in [0.25, 0.3) is 10.9 Å². The Bertz CT molecular complexity index is 629. The van der Waals surface area contributed by atoms with Crippen molar-refractivity contribution >= 4 is 22.8 Å². The fourth-order valence-electron chi connectivity index (χ4n) is 2.07. The highest BCUT2D eigenvalue weighted by Crippen LogP contribution is 2.21. The van der Waals surface area contributed by atoms with E-state index in [9.17, 15) is 9.59 Å². The van der Waals surface area contributed by atoms with Crippen LogP contribution in [0.1, 0.15) is 24.2 Å². The number of hydrogen-bond donors (Lipinski definition) is 2. The summed E-state index contributed by atoms with van der Waals surface area (Å²) in [4.78, 5) is 22.9. The third-order valence-electron chi connectivity index (χ3n) is 2.78. The molecule has 0 aliphatic carbocycles. The number of benzene rings is 1. The van der Waals surface area contributed by atoms with Gasteiger partial charge in [-0.25, -0.2) is 4.79 Å². The Morgan fingerprint density at radius 1 is 1.32 bits per heavy atom. The highest BCUT2D eigenvalue weighted by molar-refractivity contribution is 6.03. The topological polar surface area (TPSA) is 71.3 Å². The normalized spacial score (nSPS) is 10.9. The van der Waals surface area contributed by atoms with Gasteiger partial charge < -0.3 is 15.0 Å². The number of hydrogen-bond acceptors (Lipinski definition) is 2. The van der Waals surface area contributed by atoms with E-state index in [1.807, 2.05) is 26.0 Å². The van der Waals surface area contributed by atoms with Crippen LogP contribution >= 0.6 is 0 Å². The first-order chi connectivity index (χ1) is 8.99. The smallest absolute Gasteiger partial charge is 0.337 e. The second-order valence-electron chi connectivity index (χ2n) is 4.72. The van der Waals surface area contributed by atoms with Crippen molar-refractivity contribution in [3.63, 3.8) is 0 Å². The summed E-state index contributed by atoms with van der Waals surface area (Å²) in [7, 11) is 0. The molecule has 0 fully saturated rings. The van der Waals surface area contributed by atoms with Crippen LogP contribution in [0, 0.1) is 0 Å². The maximum atomic E-state index is 11.8. The van der Waals surface area contributed by atoms with Crippen molar-refractivity contribution < 1.29 is 14.7 Å². The molecule has 0 aliphatic heterocycles. The van der Waals surface area contributed by atoms with E-state index < -0.39 is 5.97 Å². The Labute approximate surface area is 110 Å². The largest absolute Gasteiger partial charge is 0.478 e. The molecule has 1 heterocycles. The van der Waals surface area contributed by atoms with E-state index >= 15 is 0 Å². The molecule has 100 valence electrons. The van der Waals surface area contributed by atoms with Crippen LogP contribution in [0.3, 0.4) is 0 Å². The molecule has 19 heavy (non-hydrogen) atoms. The predicted octanol–water partition coefficient (Wildman–Crippen LogP) is 1.86. The van der Waals surface area contributed by atoms with Gasteiger partial charge in [-0.1, -0.05) is 18.2 Å². The lowest BCUT2D eigenvalue weighted by atomic mass is 10.2. The number of carboxylic acids is 1. The molecule has 0 spiro atoms. The van der Waals surface area contributed by atoms with Gasteiger partial charge in [-0.3, -0.25) is 4.79 Å². The summed E-state index contributed by atoms with van der Waals surface area (Å²) in [6.45, 7) is 3.88. The Kier molecular flexibility index (Phi) is 3.55. The lowest BCUT2D eigenvalue weighted by molar-refractivity contribution is -0.122. The van der Waals surface area contributed by atoms with E-state index in [1.54, 1.807) is 16.7 Å². The van der Waals surface area contributed by atoms with Gasteiger partial charge in [0.05, 0.1) is 5.56 Å². The average Bonchev–Trinajstić information content (AvgIpc) is 2.67. The maximum absolute atomic E-state index is 11.8. The highest BCUT2D eigenvalue weighted by Gasteiger charge is 2.15. The summed E-state index contributed by atoms with van der Waals surface area (Å²) in [6, 6.07) is 7.23. The van der Waals surface area contributed by atoms with E-state index in [2.05, 4.69) is 5.32 Å². The van der Waals surface area contributed by atoms with Crippen molar-refractivity contribution in [2.75, 3.05) is 0 Å². The number of aromatic nitrogens is 1. The van der Waals surface area contributed by atoms with Crippen LogP contribution in [-0.4, -0.2) is 27.6 Å². The Hall–Kier alpha value is -2.30. The summed E-state index contributed by atoms with van der Waals surface area (Å²) in [6.07, 6.45) is 1.51. The number of para-hydroxylation sites is 1. The van der Waals surface area contributed by atoms with Gasteiger partial charge in [-0.05, 0) is 19.9 Å². The fourth-order valence-corrected chi connectivity index (χ4v) is 2.07. The molecule has 2 rings (SSSR count). The van der Waals surface area contributed by atoms with Crippen LogP contribution < -0.4 is 5.32 Å². The summed E-state index contributed by atoms with van der Waals surface area (Å²) < 4.78 is 1.66. The van der Waals surface area contributed by atoms with Crippen molar-refractivity contribution in [1.82, 2.24) is 9.88 Å². The molecule has 0 unspecified atom stereocenters. The van der Waals surface area contributed by atoms with Gasteiger partial charge in [0.15, 0.2) is 0 Å². The zero-order valence-electron chi connectivity index (χ0n) is 10.9. The fraction of sp³-hybridized carbons (Fsp3) is 0.286. The minimum absolute atomic E-state index is 0.0632. The first kappa shape index (κ1) is 13.1. The summed E-state index contributed by atoms with van der Waals surface area (Å²) in [5.41, 5.74) is 0.965. The van der Waals surface area contributed by atoms with E-state index in [1.165, 1.54) is 6.20 Å². The molecule has 0 radical (unpaired) electrons. The number of nitrogens with zero attached hydrogens (tertiary/aromatic N) is 1. The van der Waals surface area contributed by atoms with E-state index in [-0.39, 0.29) is 24.1 Å². The van der Waals surface area contributed by atoms with Gasteiger partial charge in [0.25, 0.3) is 0 Å². The van der Waals surface area contributed by atoms with Crippen molar-refractivity contribution in [2.24, 2.45) is 0 Å². The molecule has 0 saturated heterocycles. The summed E-state index contributed by atoms with van der Waals surface area (Å²) in [5.74, 6) is -1.12. The van der Waals surface area contributed by atoms with Crippen LogP contribution in [0.4, 0.5) is 0 Å². The number of carbonyl (C=O) groups excluding carboxylic acids is 1. The van der Waals surface area contributed by atoms with Gasteiger partial charge in [0, 0.05) is 23.1 Å². The van der Waals surface area contributed by atoms with Gasteiger partial charge in [0.1, 0.15) is 6.54 Å². The SMILES string of the molecule is CC(C)NC(=O)Cn1cc(C(=O)O)c2ccccc21. The number of carbonyl (C=O) groups is 2. The summed E-state index contributed by atoms with van der Waals surface area (Å²) >= 11 is 0. The van der Waals surface area contributed by atoms with Gasteiger partial charge in [0.2, 0.25) is 5.91 Å². The molecule has 5 nitrogen and oxygen atoms in total. The molecule has 0 atom stereocenters. The van der Waals surface area contributed by atoms with Gasteiger partial charge in [-0.2, -0.15) is 0 Å².